The Balaban J connectivity index is 1.85. The smallest absolute Gasteiger partial charge is 0.329 e. The number of hydrogen-bond acceptors (Lipinski definition) is 2. The zero-order chi connectivity index (χ0) is 15.1. The maximum absolute atomic E-state index is 12.8. The van der Waals surface area contributed by atoms with Crippen LogP contribution in [0.15, 0.2) is 30.3 Å². The number of carbonyl (C=O) groups is 2. The third-order valence-electron chi connectivity index (χ3n) is 5.18. The molecule has 3 rings (SSSR count). The molecule has 21 heavy (non-hydrogen) atoms. The van der Waals surface area contributed by atoms with Crippen molar-refractivity contribution in [1.82, 2.24) is 5.32 Å². The van der Waals surface area contributed by atoms with Crippen molar-refractivity contribution in [3.8, 4) is 0 Å². The first-order valence-electron chi connectivity index (χ1n) is 7.60. The highest BCUT2D eigenvalue weighted by Crippen LogP contribution is 2.46. The minimum Gasteiger partial charge on any atom is -0.480 e. The fourth-order valence-electron chi connectivity index (χ4n) is 3.28. The van der Waals surface area contributed by atoms with Gasteiger partial charge in [-0.05, 0) is 44.1 Å². The minimum absolute atomic E-state index is 0.0619. The molecule has 0 aromatic heterocycles. The van der Waals surface area contributed by atoms with Gasteiger partial charge >= 0.3 is 5.97 Å². The Hall–Kier alpha value is -1.84. The number of aliphatic carboxylic acids is 1. The number of nitrogens with one attached hydrogen (secondary N) is 1. The standard InChI is InChI=1S/C17H21NO3/c1-16(15(20)21,12-8-9-12)18-14(19)17(10-5-11-17)13-6-3-2-4-7-13/h2-4,6-7,12H,5,8-11H2,1H3,(H,18,19)(H,20,21). The van der Waals surface area contributed by atoms with Crippen LogP contribution in [0, 0.1) is 5.92 Å². The average Bonchev–Trinajstić information content (AvgIpc) is 3.22. The Morgan fingerprint density at radius 2 is 1.86 bits per heavy atom. The molecule has 0 spiro atoms. The van der Waals surface area contributed by atoms with Crippen molar-refractivity contribution in [2.45, 2.75) is 50.0 Å². The largest absolute Gasteiger partial charge is 0.480 e. The molecule has 4 heteroatoms. The van der Waals surface area contributed by atoms with Crippen molar-refractivity contribution in [2.75, 3.05) is 0 Å². The van der Waals surface area contributed by atoms with Gasteiger partial charge in [0.05, 0.1) is 5.41 Å². The zero-order valence-electron chi connectivity index (χ0n) is 12.3. The van der Waals surface area contributed by atoms with Crippen LogP contribution in [0.4, 0.5) is 0 Å². The Morgan fingerprint density at radius 3 is 2.29 bits per heavy atom. The number of carboxylic acid groups (broad SMARTS) is 1. The normalized spacial score (nSPS) is 22.7. The van der Waals surface area contributed by atoms with Gasteiger partial charge in [-0.1, -0.05) is 36.8 Å². The lowest BCUT2D eigenvalue weighted by atomic mass is 9.63. The van der Waals surface area contributed by atoms with Gasteiger partial charge < -0.3 is 10.4 Å². The first-order chi connectivity index (χ1) is 9.99. The molecule has 1 aromatic rings. The number of hydrogen-bond donors (Lipinski definition) is 2. The van der Waals surface area contributed by atoms with Crippen LogP contribution in [-0.4, -0.2) is 22.5 Å². The van der Waals surface area contributed by atoms with E-state index in [9.17, 15) is 14.7 Å². The molecule has 0 heterocycles. The average molecular weight is 287 g/mol. The molecular formula is C17H21NO3. The molecule has 0 radical (unpaired) electrons. The summed E-state index contributed by atoms with van der Waals surface area (Å²) in [6.07, 6.45) is 4.35. The molecule has 112 valence electrons. The summed E-state index contributed by atoms with van der Waals surface area (Å²) in [6.45, 7) is 1.64. The predicted octanol–water partition coefficient (Wildman–Crippen LogP) is 2.48. The molecule has 0 saturated heterocycles. The molecule has 2 aliphatic rings. The summed E-state index contributed by atoms with van der Waals surface area (Å²) < 4.78 is 0. The van der Waals surface area contributed by atoms with Gasteiger partial charge in [-0.25, -0.2) is 4.79 Å². The van der Waals surface area contributed by atoms with Crippen LogP contribution < -0.4 is 5.32 Å². The van der Waals surface area contributed by atoms with Gasteiger partial charge in [-0.15, -0.1) is 0 Å². The third-order valence-corrected chi connectivity index (χ3v) is 5.18. The van der Waals surface area contributed by atoms with Crippen LogP contribution in [0.5, 0.6) is 0 Å². The Bertz CT molecular complexity index is 561. The molecule has 1 amide bonds. The highest BCUT2D eigenvalue weighted by Gasteiger charge is 2.53. The van der Waals surface area contributed by atoms with Crippen molar-refractivity contribution in [1.29, 1.82) is 0 Å². The summed E-state index contributed by atoms with van der Waals surface area (Å²) in [4.78, 5) is 24.4. The Morgan fingerprint density at radius 1 is 1.24 bits per heavy atom. The number of amides is 1. The third kappa shape index (κ3) is 2.23. The lowest BCUT2D eigenvalue weighted by molar-refractivity contribution is -0.149. The first-order valence-corrected chi connectivity index (χ1v) is 7.60. The van der Waals surface area contributed by atoms with E-state index in [-0.39, 0.29) is 11.8 Å². The highest BCUT2D eigenvalue weighted by molar-refractivity contribution is 5.94. The van der Waals surface area contributed by atoms with Crippen LogP contribution in [0.1, 0.15) is 44.6 Å². The summed E-state index contributed by atoms with van der Waals surface area (Å²) in [5.41, 5.74) is -0.668. The van der Waals surface area contributed by atoms with Crippen LogP contribution in [0.2, 0.25) is 0 Å². The lowest BCUT2D eigenvalue weighted by Gasteiger charge is -2.43. The highest BCUT2D eigenvalue weighted by atomic mass is 16.4. The Kier molecular flexibility index (Phi) is 3.27. The summed E-state index contributed by atoms with van der Waals surface area (Å²) in [5, 5.41) is 12.4. The monoisotopic (exact) mass is 287 g/mol. The fraction of sp³-hybridized carbons (Fsp3) is 0.529. The van der Waals surface area contributed by atoms with Gasteiger partial charge in [0, 0.05) is 0 Å². The number of carboxylic acids is 1. The SMILES string of the molecule is CC(NC(=O)C1(c2ccccc2)CCC1)(C(=O)O)C1CC1. The number of carbonyl (C=O) groups excluding carboxylic acids is 1. The van der Waals surface area contributed by atoms with E-state index < -0.39 is 16.9 Å². The zero-order valence-corrected chi connectivity index (χ0v) is 12.3. The van der Waals surface area contributed by atoms with E-state index in [1.54, 1.807) is 6.92 Å². The molecule has 2 N–H and O–H groups in total. The number of rotatable bonds is 5. The van der Waals surface area contributed by atoms with Crippen LogP contribution in [0.25, 0.3) is 0 Å². The Labute approximate surface area is 124 Å². The van der Waals surface area contributed by atoms with Crippen LogP contribution >= 0.6 is 0 Å². The molecule has 1 aromatic carbocycles. The van der Waals surface area contributed by atoms with Gasteiger partial charge in [0.25, 0.3) is 0 Å². The van der Waals surface area contributed by atoms with E-state index in [1.807, 2.05) is 30.3 Å². The predicted molar refractivity (Wildman–Crippen MR) is 78.9 cm³/mol. The molecule has 2 aliphatic carbocycles. The molecule has 4 nitrogen and oxygen atoms in total. The van der Waals surface area contributed by atoms with Gasteiger partial charge in [-0.3, -0.25) is 4.79 Å². The van der Waals surface area contributed by atoms with E-state index >= 15 is 0 Å². The van der Waals surface area contributed by atoms with Crippen molar-refractivity contribution in [2.24, 2.45) is 5.92 Å². The minimum atomic E-state index is -1.13. The molecule has 2 fully saturated rings. The molecule has 0 bridgehead atoms. The maximum Gasteiger partial charge on any atom is 0.329 e. The fourth-order valence-corrected chi connectivity index (χ4v) is 3.28. The van der Waals surface area contributed by atoms with E-state index in [4.69, 9.17) is 0 Å². The summed E-state index contributed by atoms with van der Waals surface area (Å²) in [6, 6.07) is 9.72. The van der Waals surface area contributed by atoms with E-state index in [0.717, 1.165) is 37.7 Å². The second kappa shape index (κ2) is 4.86. The first kappa shape index (κ1) is 14.1. The van der Waals surface area contributed by atoms with Gasteiger partial charge in [0.1, 0.15) is 5.54 Å². The molecule has 2 saturated carbocycles. The molecule has 1 unspecified atom stereocenters. The maximum atomic E-state index is 12.8. The molecule has 0 aliphatic heterocycles. The quantitative estimate of drug-likeness (QED) is 0.874. The van der Waals surface area contributed by atoms with Gasteiger partial charge in [0.15, 0.2) is 0 Å². The summed E-state index contributed by atoms with van der Waals surface area (Å²) in [5.74, 6) is -0.996. The van der Waals surface area contributed by atoms with Crippen molar-refractivity contribution < 1.29 is 14.7 Å². The molecular weight excluding hydrogens is 266 g/mol. The van der Waals surface area contributed by atoms with Crippen molar-refractivity contribution in [3.63, 3.8) is 0 Å². The topological polar surface area (TPSA) is 66.4 Å². The molecule has 1 atom stereocenters. The van der Waals surface area contributed by atoms with Crippen molar-refractivity contribution in [3.05, 3.63) is 35.9 Å². The number of benzene rings is 1. The lowest BCUT2D eigenvalue weighted by Crippen LogP contribution is -2.60. The van der Waals surface area contributed by atoms with E-state index in [0.29, 0.717) is 0 Å². The van der Waals surface area contributed by atoms with Crippen LogP contribution in [-0.2, 0) is 15.0 Å². The van der Waals surface area contributed by atoms with Gasteiger partial charge in [-0.2, -0.15) is 0 Å². The van der Waals surface area contributed by atoms with Gasteiger partial charge in [0.2, 0.25) is 5.91 Å². The van der Waals surface area contributed by atoms with Crippen LogP contribution in [0.3, 0.4) is 0 Å². The van der Waals surface area contributed by atoms with E-state index in [2.05, 4.69) is 5.32 Å². The van der Waals surface area contributed by atoms with E-state index in [1.165, 1.54) is 0 Å². The summed E-state index contributed by atoms with van der Waals surface area (Å²) >= 11 is 0. The summed E-state index contributed by atoms with van der Waals surface area (Å²) in [7, 11) is 0. The second-order valence-corrected chi connectivity index (χ2v) is 6.54. The second-order valence-electron chi connectivity index (χ2n) is 6.54. The van der Waals surface area contributed by atoms with Crippen molar-refractivity contribution >= 4 is 11.9 Å².